The van der Waals surface area contributed by atoms with Crippen LogP contribution in [0.1, 0.15) is 34.0 Å². The van der Waals surface area contributed by atoms with Crippen LogP contribution in [0.15, 0.2) is 29.2 Å². The first-order valence-corrected chi connectivity index (χ1v) is 11.0. The molecule has 0 aliphatic rings. The number of fused-ring (bicyclic) bond motifs is 1. The Balaban J connectivity index is 1.77. The molecule has 0 aliphatic heterocycles. The summed E-state index contributed by atoms with van der Waals surface area (Å²) in [6.07, 6.45) is 0.674. The van der Waals surface area contributed by atoms with E-state index in [1.807, 2.05) is 0 Å². The molecule has 13 heteroatoms. The number of halogens is 1. The van der Waals surface area contributed by atoms with Crippen LogP contribution in [-0.4, -0.2) is 62.3 Å². The van der Waals surface area contributed by atoms with Gasteiger partial charge in [-0.2, -0.15) is 0 Å². The van der Waals surface area contributed by atoms with Crippen molar-refractivity contribution in [3.05, 3.63) is 51.1 Å². The van der Waals surface area contributed by atoms with Gasteiger partial charge in [-0.1, -0.05) is 17.4 Å². The Hall–Kier alpha value is -3.87. The molecule has 2 heterocycles. The van der Waals surface area contributed by atoms with E-state index in [0.29, 0.717) is 21.7 Å². The van der Waals surface area contributed by atoms with E-state index in [1.165, 1.54) is 6.20 Å². The van der Waals surface area contributed by atoms with Gasteiger partial charge in [0.25, 0.3) is 11.5 Å². The topological polar surface area (TPSA) is 166 Å². The highest BCUT2D eigenvalue weighted by atomic mass is 32.1. The Morgan fingerprint density at radius 2 is 2.06 bits per heavy atom. The van der Waals surface area contributed by atoms with Crippen molar-refractivity contribution in [3.8, 4) is 0 Å². The number of carboxylic acids is 2. The van der Waals surface area contributed by atoms with Crippen molar-refractivity contribution >= 4 is 45.1 Å². The molecular weight excluding hydrogens is 469 g/mol. The number of nitrogens with zero attached hydrogens (tertiary/aromatic N) is 3. The van der Waals surface area contributed by atoms with Gasteiger partial charge in [0.2, 0.25) is 0 Å². The van der Waals surface area contributed by atoms with Crippen LogP contribution in [0.5, 0.6) is 0 Å². The maximum Gasteiger partial charge on any atom is 0.326 e. The molecule has 1 aromatic carbocycles. The number of hydrogen-bond donors (Lipinski definition) is 4. The fourth-order valence-electron chi connectivity index (χ4n) is 3.25. The molecule has 1 amide bonds. The van der Waals surface area contributed by atoms with E-state index in [0.717, 1.165) is 16.9 Å². The number of nitrogens with one attached hydrogen (secondary N) is 2. The van der Waals surface area contributed by atoms with Crippen molar-refractivity contribution in [2.75, 3.05) is 18.1 Å². The lowest BCUT2D eigenvalue weighted by atomic mass is 10.1. The van der Waals surface area contributed by atoms with E-state index < -0.39 is 37.0 Å². The van der Waals surface area contributed by atoms with Crippen LogP contribution >= 0.6 is 11.3 Å². The molecule has 34 heavy (non-hydrogen) atoms. The molecule has 0 bridgehead atoms. The number of amides is 1. The Bertz CT molecular complexity index is 1280. The summed E-state index contributed by atoms with van der Waals surface area (Å²) < 4.78 is 13.3. The first-order valence-electron chi connectivity index (χ1n) is 10.2. The number of alkyl halides is 1. The predicted molar refractivity (Wildman–Crippen MR) is 122 cm³/mol. The molecule has 0 radical (unpaired) electrons. The predicted octanol–water partition coefficient (Wildman–Crippen LogP) is 1.71. The summed E-state index contributed by atoms with van der Waals surface area (Å²) in [6, 6.07) is 3.76. The Morgan fingerprint density at radius 1 is 1.29 bits per heavy atom. The molecule has 0 spiro atoms. The molecule has 3 aromatic rings. The lowest BCUT2D eigenvalue weighted by Crippen LogP contribution is -2.41. The number of aliphatic carboxylic acids is 2. The summed E-state index contributed by atoms with van der Waals surface area (Å²) >= 11 is 0.942. The van der Waals surface area contributed by atoms with Crippen molar-refractivity contribution in [1.82, 2.24) is 20.3 Å². The van der Waals surface area contributed by atoms with Gasteiger partial charge in [-0.3, -0.25) is 14.4 Å². The van der Waals surface area contributed by atoms with Gasteiger partial charge in [-0.15, -0.1) is 0 Å². The summed E-state index contributed by atoms with van der Waals surface area (Å²) in [5, 5.41) is 21.0. The minimum absolute atomic E-state index is 0.000156. The van der Waals surface area contributed by atoms with Gasteiger partial charge in [-0.05, 0) is 31.0 Å². The fourth-order valence-corrected chi connectivity index (χ4v) is 4.10. The van der Waals surface area contributed by atoms with Crippen LogP contribution in [0.4, 0.5) is 9.39 Å². The molecule has 4 N–H and O–H groups in total. The molecule has 0 saturated heterocycles. The van der Waals surface area contributed by atoms with Crippen LogP contribution in [0, 0.1) is 6.92 Å². The highest BCUT2D eigenvalue weighted by molar-refractivity contribution is 7.17. The second kappa shape index (κ2) is 10.8. The van der Waals surface area contributed by atoms with Gasteiger partial charge in [0, 0.05) is 19.5 Å². The number of carbonyl (C=O) groups excluding carboxylic acids is 1. The SMILES string of the molecule is Cc1nc2ccc(CN(CCF)c3cnc(C(=O)N[C@H](CCC(=O)O)C(=O)O)s3)cc2c(=O)[nH]1. The number of H-pyrrole nitrogens is 1. The van der Waals surface area contributed by atoms with Crippen molar-refractivity contribution in [2.24, 2.45) is 0 Å². The molecule has 0 fully saturated rings. The molecule has 180 valence electrons. The number of anilines is 1. The third kappa shape index (κ3) is 6.13. The quantitative estimate of drug-likeness (QED) is 0.312. The number of carbonyl (C=O) groups is 3. The average Bonchev–Trinajstić information content (AvgIpc) is 3.26. The normalized spacial score (nSPS) is 11.8. The van der Waals surface area contributed by atoms with E-state index in [1.54, 1.807) is 30.0 Å². The van der Waals surface area contributed by atoms with Gasteiger partial charge in [-0.25, -0.2) is 19.2 Å². The van der Waals surface area contributed by atoms with Crippen molar-refractivity contribution in [2.45, 2.75) is 32.4 Å². The zero-order valence-corrected chi connectivity index (χ0v) is 18.9. The second-order valence-electron chi connectivity index (χ2n) is 7.41. The zero-order chi connectivity index (χ0) is 24.8. The molecular formula is C21H22FN5O6S. The largest absolute Gasteiger partial charge is 0.481 e. The van der Waals surface area contributed by atoms with Gasteiger partial charge in [0.05, 0.1) is 17.1 Å². The minimum Gasteiger partial charge on any atom is -0.481 e. The van der Waals surface area contributed by atoms with Crippen LogP contribution in [0.25, 0.3) is 10.9 Å². The van der Waals surface area contributed by atoms with Crippen LogP contribution in [0.3, 0.4) is 0 Å². The van der Waals surface area contributed by atoms with E-state index in [-0.39, 0.29) is 30.1 Å². The maximum absolute atomic E-state index is 13.3. The number of benzene rings is 1. The van der Waals surface area contributed by atoms with Gasteiger partial charge >= 0.3 is 11.9 Å². The van der Waals surface area contributed by atoms with Gasteiger partial charge in [0.15, 0.2) is 5.01 Å². The first kappa shape index (κ1) is 24.8. The van der Waals surface area contributed by atoms with Crippen LogP contribution in [-0.2, 0) is 16.1 Å². The molecule has 1 atom stereocenters. The summed E-state index contributed by atoms with van der Waals surface area (Å²) in [5.74, 6) is -2.82. The minimum atomic E-state index is -1.38. The number of rotatable bonds is 11. The average molecular weight is 492 g/mol. The summed E-state index contributed by atoms with van der Waals surface area (Å²) in [6.45, 7) is 1.23. The zero-order valence-electron chi connectivity index (χ0n) is 18.1. The van der Waals surface area contributed by atoms with E-state index in [4.69, 9.17) is 5.11 Å². The molecule has 0 unspecified atom stereocenters. The lowest BCUT2D eigenvalue weighted by Gasteiger charge is -2.21. The number of thiazole rings is 1. The summed E-state index contributed by atoms with van der Waals surface area (Å²) in [4.78, 5) is 59.3. The van der Waals surface area contributed by atoms with Gasteiger partial charge in [0.1, 0.15) is 23.5 Å². The monoisotopic (exact) mass is 491 g/mol. The highest BCUT2D eigenvalue weighted by Gasteiger charge is 2.24. The lowest BCUT2D eigenvalue weighted by molar-refractivity contribution is -0.140. The summed E-state index contributed by atoms with van der Waals surface area (Å²) in [7, 11) is 0. The number of aryl methyl sites for hydroxylation is 1. The Labute approximate surface area is 196 Å². The van der Waals surface area contributed by atoms with E-state index in [9.17, 15) is 28.7 Å². The van der Waals surface area contributed by atoms with Crippen molar-refractivity contribution in [1.29, 1.82) is 0 Å². The third-order valence-electron chi connectivity index (χ3n) is 4.87. The number of carboxylic acid groups (broad SMARTS) is 2. The summed E-state index contributed by atoms with van der Waals surface area (Å²) in [5.41, 5.74) is 0.972. The van der Waals surface area contributed by atoms with Crippen molar-refractivity contribution < 1.29 is 29.0 Å². The van der Waals surface area contributed by atoms with Crippen molar-refractivity contribution in [3.63, 3.8) is 0 Å². The fraction of sp³-hybridized carbons (Fsp3) is 0.333. The first-order chi connectivity index (χ1) is 16.2. The van der Waals surface area contributed by atoms with Gasteiger partial charge < -0.3 is 25.4 Å². The Kier molecular flexibility index (Phi) is 7.89. The smallest absolute Gasteiger partial charge is 0.326 e. The number of aromatic nitrogens is 3. The highest BCUT2D eigenvalue weighted by Crippen LogP contribution is 2.26. The molecule has 0 aliphatic carbocycles. The second-order valence-corrected chi connectivity index (χ2v) is 8.42. The van der Waals surface area contributed by atoms with E-state index in [2.05, 4.69) is 20.3 Å². The molecule has 11 nitrogen and oxygen atoms in total. The molecule has 2 aromatic heterocycles. The van der Waals surface area contributed by atoms with Crippen LogP contribution in [0.2, 0.25) is 0 Å². The van der Waals surface area contributed by atoms with E-state index >= 15 is 0 Å². The van der Waals surface area contributed by atoms with Crippen LogP contribution < -0.4 is 15.8 Å². The number of aromatic amines is 1. The third-order valence-corrected chi connectivity index (χ3v) is 5.92. The number of hydrogen-bond acceptors (Lipinski definition) is 8. The molecule has 3 rings (SSSR count). The standard InChI is InChI=1S/C21H22FN5O6S/c1-11-24-14-3-2-12(8-13(14)18(30)25-11)10-27(7-6-22)16-9-23-20(34-16)19(31)26-15(21(32)33)4-5-17(28)29/h2-3,8-9,15H,4-7,10H2,1H3,(H,26,31)(H,28,29)(H,32,33)(H,24,25,30)/t15-/m1/s1. The molecule has 0 saturated carbocycles. The maximum atomic E-state index is 13.3. The Morgan fingerprint density at radius 3 is 2.74 bits per heavy atom.